The largest absolute Gasteiger partial charge is 0.505 e. The molecule has 0 saturated heterocycles. The Labute approximate surface area is 417 Å². The summed E-state index contributed by atoms with van der Waals surface area (Å²) in [5.74, 6) is -2.45. The van der Waals surface area contributed by atoms with Gasteiger partial charge in [-0.1, -0.05) is 91.0 Å². The summed E-state index contributed by atoms with van der Waals surface area (Å²) >= 11 is 0. The number of hydrogen-bond donors (Lipinski definition) is 6. The van der Waals surface area contributed by atoms with Gasteiger partial charge < -0.3 is 41.0 Å². The highest BCUT2D eigenvalue weighted by atomic mass is 16.5. The van der Waals surface area contributed by atoms with Crippen molar-refractivity contribution >= 4 is 90.7 Å². The second-order valence-electron chi connectivity index (χ2n) is 16.4. The number of methoxy groups -OCH3 is 2. The van der Waals surface area contributed by atoms with Gasteiger partial charge >= 0.3 is 0 Å². The molecule has 16 heteroatoms. The normalized spacial score (nSPS) is 11.2. The number of ether oxygens (including phenoxy) is 2. The summed E-state index contributed by atoms with van der Waals surface area (Å²) in [5.41, 5.74) is 3.12. The van der Waals surface area contributed by atoms with E-state index in [-0.39, 0.29) is 62.5 Å². The molecular weight excluding hydrogens is 925 g/mol. The molecule has 4 amide bonds. The number of nitrogens with one attached hydrogen (secondary N) is 4. The van der Waals surface area contributed by atoms with Gasteiger partial charge in [-0.3, -0.25) is 19.2 Å². The van der Waals surface area contributed by atoms with Crippen LogP contribution in [-0.4, -0.2) is 48.1 Å². The summed E-state index contributed by atoms with van der Waals surface area (Å²) in [5, 5.41) is 54.5. The number of aryl methyl sites for hydroxylation is 1. The van der Waals surface area contributed by atoms with Crippen molar-refractivity contribution in [3.63, 3.8) is 0 Å². The molecule has 0 atom stereocenters. The van der Waals surface area contributed by atoms with Gasteiger partial charge in [-0.2, -0.15) is 0 Å². The molecular formula is C57H44N8O8. The second-order valence-corrected chi connectivity index (χ2v) is 16.4. The maximum Gasteiger partial charge on any atom is 0.259 e. The lowest BCUT2D eigenvalue weighted by molar-refractivity contribution is 0.101. The van der Waals surface area contributed by atoms with Crippen LogP contribution in [0.15, 0.2) is 196 Å². The summed E-state index contributed by atoms with van der Waals surface area (Å²) in [4.78, 5) is 54.5. The van der Waals surface area contributed by atoms with Crippen LogP contribution in [0.3, 0.4) is 0 Å². The number of amides is 4. The third-order valence-corrected chi connectivity index (χ3v) is 11.7. The third-order valence-electron chi connectivity index (χ3n) is 11.7. The van der Waals surface area contributed by atoms with Crippen molar-refractivity contribution in [1.29, 1.82) is 0 Å². The summed E-state index contributed by atoms with van der Waals surface area (Å²) in [6, 6.07) is 49.3. The highest BCUT2D eigenvalue weighted by Gasteiger charge is 2.22. The first-order valence-corrected chi connectivity index (χ1v) is 22.6. The molecule has 360 valence electrons. The minimum Gasteiger partial charge on any atom is -0.505 e. The average molecular weight is 969 g/mol. The summed E-state index contributed by atoms with van der Waals surface area (Å²) in [6.07, 6.45) is 0. The Bertz CT molecular complexity index is 3680. The molecule has 0 fully saturated rings. The number of aromatic hydroxyl groups is 2. The molecule has 0 heterocycles. The number of phenols is 2. The van der Waals surface area contributed by atoms with Crippen molar-refractivity contribution in [2.75, 3.05) is 35.5 Å². The summed E-state index contributed by atoms with van der Waals surface area (Å²) < 4.78 is 11.0. The molecule has 0 bridgehead atoms. The minimum atomic E-state index is -0.695. The van der Waals surface area contributed by atoms with Gasteiger partial charge in [0.25, 0.3) is 23.6 Å². The molecule has 0 spiro atoms. The van der Waals surface area contributed by atoms with Gasteiger partial charge in [0.2, 0.25) is 0 Å². The molecule has 0 aliphatic carbocycles. The summed E-state index contributed by atoms with van der Waals surface area (Å²) in [6.45, 7) is 1.76. The molecule has 0 aliphatic heterocycles. The van der Waals surface area contributed by atoms with Crippen LogP contribution in [0.5, 0.6) is 23.0 Å². The average Bonchev–Trinajstić information content (AvgIpc) is 3.41. The Balaban J connectivity index is 0.970. The van der Waals surface area contributed by atoms with E-state index in [1.165, 1.54) is 38.5 Å². The van der Waals surface area contributed by atoms with Crippen LogP contribution in [0, 0.1) is 6.92 Å². The van der Waals surface area contributed by atoms with E-state index >= 15 is 0 Å². The van der Waals surface area contributed by atoms with Gasteiger partial charge in [-0.25, -0.2) is 0 Å². The zero-order chi connectivity index (χ0) is 51.0. The Hall–Kier alpha value is -10.2. The van der Waals surface area contributed by atoms with Gasteiger partial charge in [-0.15, -0.1) is 20.5 Å². The molecule has 73 heavy (non-hydrogen) atoms. The van der Waals surface area contributed by atoms with Crippen molar-refractivity contribution in [3.05, 3.63) is 204 Å². The van der Waals surface area contributed by atoms with Crippen molar-refractivity contribution < 1.29 is 38.9 Å². The highest BCUT2D eigenvalue weighted by molar-refractivity contribution is 6.14. The van der Waals surface area contributed by atoms with Crippen LogP contribution in [-0.2, 0) is 0 Å². The number of benzene rings is 9. The van der Waals surface area contributed by atoms with Gasteiger partial charge in [-0.05, 0) is 108 Å². The molecule has 0 radical (unpaired) electrons. The number of fused-ring (bicyclic) bond motifs is 2. The lowest BCUT2D eigenvalue weighted by Crippen LogP contribution is -2.15. The summed E-state index contributed by atoms with van der Waals surface area (Å²) in [7, 11) is 2.90. The Kier molecular flexibility index (Phi) is 13.9. The van der Waals surface area contributed by atoms with E-state index in [1.807, 2.05) is 12.1 Å². The fraction of sp³-hybridized carbons (Fsp3) is 0.0526. The number of carbonyl (C=O) groups excluding carboxylic acids is 4. The van der Waals surface area contributed by atoms with Crippen LogP contribution in [0.25, 0.3) is 21.5 Å². The SMILES string of the molecule is COc1ccc(C(=O)Nc2ccccc2)cc1N=Nc1c(O)c(C(=O)Nc2ccc(C)c(NC(=O)c3cc4ccccc4c(N=Nc4cc(C(=O)Nc5ccccc5)ccc4OC)c3O)c2)cc2ccccc12. The topological polar surface area (TPSA) is 225 Å². The first-order valence-electron chi connectivity index (χ1n) is 22.6. The van der Waals surface area contributed by atoms with Crippen LogP contribution in [0.1, 0.15) is 47.0 Å². The van der Waals surface area contributed by atoms with E-state index in [4.69, 9.17) is 9.47 Å². The molecule has 16 nitrogen and oxygen atoms in total. The molecule has 9 aromatic rings. The van der Waals surface area contributed by atoms with Crippen LogP contribution in [0.4, 0.5) is 45.5 Å². The number of azo groups is 2. The van der Waals surface area contributed by atoms with Crippen molar-refractivity contribution in [2.24, 2.45) is 20.5 Å². The maximum atomic E-state index is 14.1. The van der Waals surface area contributed by atoms with Gasteiger partial charge in [0.15, 0.2) is 11.5 Å². The highest BCUT2D eigenvalue weighted by Crippen LogP contribution is 2.43. The number of phenolic OH excluding ortho intramolecular Hbond substituents is 2. The number of anilines is 4. The quantitative estimate of drug-likeness (QED) is 0.0573. The number of nitrogens with zero attached hydrogens (tertiary/aromatic N) is 4. The first-order chi connectivity index (χ1) is 35.5. The molecule has 0 aliphatic rings. The zero-order valence-electron chi connectivity index (χ0n) is 39.4. The van der Waals surface area contributed by atoms with Crippen molar-refractivity contribution in [1.82, 2.24) is 0 Å². The Morgan fingerprint density at radius 2 is 0.849 bits per heavy atom. The third kappa shape index (κ3) is 10.5. The van der Waals surface area contributed by atoms with Gasteiger partial charge in [0, 0.05) is 44.6 Å². The van der Waals surface area contributed by atoms with E-state index in [1.54, 1.807) is 146 Å². The van der Waals surface area contributed by atoms with Crippen molar-refractivity contribution in [3.8, 4) is 23.0 Å². The van der Waals surface area contributed by atoms with Gasteiger partial charge in [0.1, 0.15) is 34.2 Å². The van der Waals surface area contributed by atoms with Crippen LogP contribution < -0.4 is 30.7 Å². The predicted octanol–water partition coefficient (Wildman–Crippen LogP) is 13.6. The monoisotopic (exact) mass is 968 g/mol. The Morgan fingerprint density at radius 1 is 0.425 bits per heavy atom. The zero-order valence-corrected chi connectivity index (χ0v) is 39.4. The first kappa shape index (κ1) is 47.8. The fourth-order valence-electron chi connectivity index (χ4n) is 7.88. The number of carbonyl (C=O) groups is 4. The molecule has 0 saturated carbocycles. The lowest BCUT2D eigenvalue weighted by atomic mass is 10.0. The molecule has 0 aromatic heterocycles. The van der Waals surface area contributed by atoms with E-state index in [9.17, 15) is 29.4 Å². The van der Waals surface area contributed by atoms with E-state index in [2.05, 4.69) is 41.7 Å². The lowest BCUT2D eigenvalue weighted by Gasteiger charge is -2.15. The molecule has 9 rings (SSSR count). The predicted molar refractivity (Wildman–Crippen MR) is 281 cm³/mol. The Morgan fingerprint density at radius 3 is 1.32 bits per heavy atom. The van der Waals surface area contributed by atoms with E-state index in [0.717, 1.165) is 0 Å². The van der Waals surface area contributed by atoms with Crippen LogP contribution >= 0.6 is 0 Å². The number of rotatable bonds is 14. The van der Waals surface area contributed by atoms with Gasteiger partial charge in [0.05, 0.1) is 25.3 Å². The van der Waals surface area contributed by atoms with E-state index < -0.39 is 23.3 Å². The smallest absolute Gasteiger partial charge is 0.259 e. The van der Waals surface area contributed by atoms with E-state index in [0.29, 0.717) is 55.7 Å². The number of hydrogen-bond acceptors (Lipinski definition) is 12. The molecule has 6 N–H and O–H groups in total. The fourth-order valence-corrected chi connectivity index (χ4v) is 7.88. The minimum absolute atomic E-state index is 0.00447. The molecule has 0 unspecified atom stereocenters. The van der Waals surface area contributed by atoms with Crippen molar-refractivity contribution in [2.45, 2.75) is 6.92 Å². The second kappa shape index (κ2) is 21.2. The molecule has 9 aromatic carbocycles. The maximum absolute atomic E-state index is 14.1. The van der Waals surface area contributed by atoms with Crippen LogP contribution in [0.2, 0.25) is 0 Å². The number of para-hydroxylation sites is 2. The standard InChI is InChI=1S/C57H44N8O8/c1-33-22-25-40(60-56(70)43-28-34-14-10-12-20-41(34)50(52(43)66)64-62-46-30-36(23-26-48(46)72-2)54(68)58-38-16-6-4-7-17-38)32-45(33)61-57(71)44-29-35-15-11-13-21-42(35)51(53(44)67)65-63-47-31-37(24-27-49(47)73-3)55(69)59-39-18-8-5-9-19-39/h4-32,66-67H,1-3H3,(H,58,68)(H,59,69)(H,60,70)(H,61,71).